The van der Waals surface area contributed by atoms with Gasteiger partial charge in [-0.1, -0.05) is 24.3 Å². The first kappa shape index (κ1) is 20.9. The number of rotatable bonds is 6. The van der Waals surface area contributed by atoms with Crippen LogP contribution < -0.4 is 14.8 Å². The number of halogens is 2. The van der Waals surface area contributed by atoms with Gasteiger partial charge in [-0.2, -0.15) is 0 Å². The number of methoxy groups -OCH3 is 1. The van der Waals surface area contributed by atoms with Crippen molar-refractivity contribution in [1.29, 1.82) is 0 Å². The average Bonchev–Trinajstić information content (AvgIpc) is 2.79. The number of carbonyl (C=O) groups excluding carboxylic acids is 1. The Hall–Kier alpha value is -4.33. The summed E-state index contributed by atoms with van der Waals surface area (Å²) in [5, 5.41) is 2.47. The highest BCUT2D eigenvalue weighted by molar-refractivity contribution is 6.04. The molecule has 0 saturated heterocycles. The lowest BCUT2D eigenvalue weighted by Crippen LogP contribution is -2.12. The molecule has 1 heterocycles. The summed E-state index contributed by atoms with van der Waals surface area (Å²) in [7, 11) is 1.55. The quantitative estimate of drug-likeness (QED) is 0.436. The van der Waals surface area contributed by atoms with Gasteiger partial charge in [0, 0.05) is 28.9 Å². The Morgan fingerprint density at radius 2 is 1.56 bits per heavy atom. The summed E-state index contributed by atoms with van der Waals surface area (Å²) < 4.78 is 37.7. The van der Waals surface area contributed by atoms with Crippen LogP contribution >= 0.6 is 0 Å². The maximum atomic E-state index is 13.3. The summed E-state index contributed by atoms with van der Waals surface area (Å²) in [6.07, 6.45) is 1.37. The first-order valence-corrected chi connectivity index (χ1v) is 9.52. The van der Waals surface area contributed by atoms with Gasteiger partial charge in [0.25, 0.3) is 5.91 Å². The lowest BCUT2D eigenvalue weighted by molar-refractivity contribution is 0.102. The van der Waals surface area contributed by atoms with Crippen LogP contribution in [0.1, 0.15) is 10.4 Å². The van der Waals surface area contributed by atoms with Gasteiger partial charge in [-0.25, -0.2) is 18.7 Å². The third-order valence-electron chi connectivity index (χ3n) is 4.49. The molecule has 32 heavy (non-hydrogen) atoms. The lowest BCUT2D eigenvalue weighted by atomic mass is 10.1. The van der Waals surface area contributed by atoms with Gasteiger partial charge in [0.1, 0.15) is 18.0 Å². The second-order valence-electron chi connectivity index (χ2n) is 6.68. The molecule has 0 saturated carbocycles. The average molecular weight is 433 g/mol. The van der Waals surface area contributed by atoms with Crippen molar-refractivity contribution in [2.75, 3.05) is 12.4 Å². The first-order valence-electron chi connectivity index (χ1n) is 9.52. The minimum atomic E-state index is -0.773. The Balaban J connectivity index is 1.50. The first-order chi connectivity index (χ1) is 15.5. The Bertz CT molecular complexity index is 1240. The van der Waals surface area contributed by atoms with Crippen LogP contribution in [0.4, 0.5) is 14.5 Å². The molecule has 4 aromatic rings. The standard InChI is InChI=1S/C24H17F2N3O3/c1-31-21-4-2-3-5-22(21)32-23-13-20(27-14-28-23)15-6-8-16(9-7-15)24(30)29-19-11-17(25)10-18(26)12-19/h2-14H,1H3,(H,29,30). The van der Waals surface area contributed by atoms with Gasteiger partial charge in [-0.15, -0.1) is 0 Å². The summed E-state index contributed by atoms with van der Waals surface area (Å²) in [6, 6.07) is 18.3. The van der Waals surface area contributed by atoms with E-state index in [0.29, 0.717) is 28.6 Å². The lowest BCUT2D eigenvalue weighted by Gasteiger charge is -2.10. The summed E-state index contributed by atoms with van der Waals surface area (Å²) in [5.74, 6) is -0.628. The molecule has 0 bridgehead atoms. The van der Waals surface area contributed by atoms with Gasteiger partial charge >= 0.3 is 0 Å². The third-order valence-corrected chi connectivity index (χ3v) is 4.49. The van der Waals surface area contributed by atoms with E-state index in [1.54, 1.807) is 49.6 Å². The highest BCUT2D eigenvalue weighted by Gasteiger charge is 2.11. The molecule has 4 rings (SSSR count). The van der Waals surface area contributed by atoms with Gasteiger partial charge < -0.3 is 14.8 Å². The number of anilines is 1. The Kier molecular flexibility index (Phi) is 6.03. The van der Waals surface area contributed by atoms with Crippen molar-refractivity contribution in [3.8, 4) is 28.6 Å². The molecule has 0 radical (unpaired) electrons. The molecule has 1 amide bonds. The zero-order chi connectivity index (χ0) is 22.5. The maximum absolute atomic E-state index is 13.3. The van der Waals surface area contributed by atoms with Gasteiger partial charge in [0.05, 0.1) is 12.8 Å². The second-order valence-corrected chi connectivity index (χ2v) is 6.68. The van der Waals surface area contributed by atoms with Crippen molar-refractivity contribution in [2.24, 2.45) is 0 Å². The normalized spacial score (nSPS) is 10.5. The number of amides is 1. The zero-order valence-electron chi connectivity index (χ0n) is 16.9. The molecule has 8 heteroatoms. The third kappa shape index (κ3) is 4.86. The molecule has 0 atom stereocenters. The largest absolute Gasteiger partial charge is 0.493 e. The molecular weight excluding hydrogens is 416 g/mol. The predicted octanol–water partition coefficient (Wildman–Crippen LogP) is 5.48. The number of nitrogens with one attached hydrogen (secondary N) is 1. The fraction of sp³-hybridized carbons (Fsp3) is 0.0417. The van der Waals surface area contributed by atoms with E-state index >= 15 is 0 Å². The SMILES string of the molecule is COc1ccccc1Oc1cc(-c2ccc(C(=O)Nc3cc(F)cc(F)c3)cc2)ncn1. The van der Waals surface area contributed by atoms with Crippen molar-refractivity contribution in [1.82, 2.24) is 9.97 Å². The van der Waals surface area contributed by atoms with Crippen molar-refractivity contribution < 1.29 is 23.0 Å². The van der Waals surface area contributed by atoms with Crippen LogP contribution in [0.2, 0.25) is 0 Å². The van der Waals surface area contributed by atoms with Crippen LogP contribution in [-0.4, -0.2) is 23.0 Å². The maximum Gasteiger partial charge on any atom is 0.255 e. The van der Waals surface area contributed by atoms with Gasteiger partial charge in [-0.3, -0.25) is 4.79 Å². The van der Waals surface area contributed by atoms with Crippen molar-refractivity contribution >= 4 is 11.6 Å². The van der Waals surface area contributed by atoms with Crippen molar-refractivity contribution in [3.63, 3.8) is 0 Å². The van der Waals surface area contributed by atoms with Crippen LogP contribution in [0.3, 0.4) is 0 Å². The molecule has 0 aliphatic heterocycles. The van der Waals surface area contributed by atoms with E-state index in [2.05, 4.69) is 15.3 Å². The minimum absolute atomic E-state index is 0.0329. The van der Waals surface area contributed by atoms with E-state index in [1.807, 2.05) is 12.1 Å². The Labute approximate surface area is 182 Å². The van der Waals surface area contributed by atoms with E-state index in [-0.39, 0.29) is 5.69 Å². The van der Waals surface area contributed by atoms with Gasteiger partial charge in [0.15, 0.2) is 11.5 Å². The second kappa shape index (κ2) is 9.22. The van der Waals surface area contributed by atoms with Crippen LogP contribution in [-0.2, 0) is 0 Å². The fourth-order valence-electron chi connectivity index (χ4n) is 2.99. The topological polar surface area (TPSA) is 73.3 Å². The smallest absolute Gasteiger partial charge is 0.255 e. The summed E-state index contributed by atoms with van der Waals surface area (Å²) in [4.78, 5) is 20.8. The molecule has 0 aliphatic carbocycles. The monoisotopic (exact) mass is 433 g/mol. The van der Waals surface area contributed by atoms with E-state index in [9.17, 15) is 13.6 Å². The van der Waals surface area contributed by atoms with Crippen molar-refractivity contribution in [3.05, 3.63) is 96.3 Å². The number of aromatic nitrogens is 2. The van der Waals surface area contributed by atoms with E-state index in [0.717, 1.165) is 23.8 Å². The molecule has 160 valence electrons. The number of benzene rings is 3. The van der Waals surface area contributed by atoms with Gasteiger partial charge in [0.2, 0.25) is 5.88 Å². The number of ether oxygens (including phenoxy) is 2. The van der Waals surface area contributed by atoms with Crippen LogP contribution in [0, 0.1) is 11.6 Å². The zero-order valence-corrected chi connectivity index (χ0v) is 16.9. The summed E-state index contributed by atoms with van der Waals surface area (Å²) in [5.41, 5.74) is 1.66. The molecule has 0 aliphatic rings. The Morgan fingerprint density at radius 1 is 0.875 bits per heavy atom. The fourth-order valence-corrected chi connectivity index (χ4v) is 2.99. The highest BCUT2D eigenvalue weighted by Crippen LogP contribution is 2.31. The molecule has 1 aromatic heterocycles. The summed E-state index contributed by atoms with van der Waals surface area (Å²) >= 11 is 0. The van der Waals surface area contributed by atoms with E-state index < -0.39 is 17.5 Å². The van der Waals surface area contributed by atoms with E-state index in [1.165, 1.54) is 6.33 Å². The van der Waals surface area contributed by atoms with Crippen LogP contribution in [0.5, 0.6) is 17.4 Å². The van der Waals surface area contributed by atoms with E-state index in [4.69, 9.17) is 9.47 Å². The molecule has 0 fully saturated rings. The molecular formula is C24H17F2N3O3. The number of carbonyl (C=O) groups is 1. The van der Waals surface area contributed by atoms with Crippen LogP contribution in [0.25, 0.3) is 11.3 Å². The highest BCUT2D eigenvalue weighted by atomic mass is 19.1. The molecule has 0 unspecified atom stereocenters. The van der Waals surface area contributed by atoms with Crippen LogP contribution in [0.15, 0.2) is 79.1 Å². The molecule has 6 nitrogen and oxygen atoms in total. The van der Waals surface area contributed by atoms with Crippen molar-refractivity contribution in [2.45, 2.75) is 0 Å². The minimum Gasteiger partial charge on any atom is -0.493 e. The number of para-hydroxylation sites is 2. The number of hydrogen-bond donors (Lipinski definition) is 1. The predicted molar refractivity (Wildman–Crippen MR) is 115 cm³/mol. The van der Waals surface area contributed by atoms with Gasteiger partial charge in [-0.05, 0) is 36.4 Å². The summed E-state index contributed by atoms with van der Waals surface area (Å²) in [6.45, 7) is 0. The number of hydrogen-bond acceptors (Lipinski definition) is 5. The number of nitrogens with zero attached hydrogens (tertiary/aromatic N) is 2. The molecule has 0 spiro atoms. The molecule has 1 N–H and O–H groups in total. The molecule has 3 aromatic carbocycles. The Morgan fingerprint density at radius 3 is 2.25 bits per heavy atom.